The summed E-state index contributed by atoms with van der Waals surface area (Å²) in [6.07, 6.45) is 2.59. The number of rotatable bonds is 3. The van der Waals surface area contributed by atoms with Crippen molar-refractivity contribution < 1.29 is 0 Å². The van der Waals surface area contributed by atoms with Crippen LogP contribution in [0.5, 0.6) is 0 Å². The van der Waals surface area contributed by atoms with Gasteiger partial charge in [0.05, 0.1) is 17.6 Å². The van der Waals surface area contributed by atoms with Crippen molar-refractivity contribution in [2.24, 2.45) is 5.73 Å². The SMILES string of the molecule is Cc1nc(-c2ccc(CCN)cc2)cnc1N. The molecule has 0 amide bonds. The number of anilines is 1. The van der Waals surface area contributed by atoms with Gasteiger partial charge in [-0.25, -0.2) is 9.97 Å². The van der Waals surface area contributed by atoms with Crippen LogP contribution in [0, 0.1) is 6.92 Å². The van der Waals surface area contributed by atoms with Gasteiger partial charge in [0.15, 0.2) is 0 Å². The Labute approximate surface area is 101 Å². The van der Waals surface area contributed by atoms with E-state index in [0.717, 1.165) is 23.4 Å². The van der Waals surface area contributed by atoms with Gasteiger partial charge in [0.25, 0.3) is 0 Å². The van der Waals surface area contributed by atoms with Crippen molar-refractivity contribution in [1.29, 1.82) is 0 Å². The Balaban J connectivity index is 2.30. The average Bonchev–Trinajstić information content (AvgIpc) is 2.34. The summed E-state index contributed by atoms with van der Waals surface area (Å²) >= 11 is 0. The van der Waals surface area contributed by atoms with E-state index in [1.54, 1.807) is 6.20 Å². The summed E-state index contributed by atoms with van der Waals surface area (Å²) in [6.45, 7) is 2.52. The van der Waals surface area contributed by atoms with Gasteiger partial charge in [-0.1, -0.05) is 24.3 Å². The molecular weight excluding hydrogens is 212 g/mol. The predicted octanol–water partition coefficient (Wildman–Crippen LogP) is 1.54. The standard InChI is InChI=1S/C13H16N4/c1-9-13(15)16-8-12(17-9)11-4-2-10(3-5-11)6-7-14/h2-5,8H,6-7,14H2,1H3,(H2,15,16). The maximum absolute atomic E-state index is 5.64. The van der Waals surface area contributed by atoms with Gasteiger partial charge in [-0.05, 0) is 25.5 Å². The minimum absolute atomic E-state index is 0.480. The average molecular weight is 228 g/mol. The van der Waals surface area contributed by atoms with Crippen LogP contribution in [-0.2, 0) is 6.42 Å². The number of aryl methyl sites for hydroxylation is 1. The normalized spacial score (nSPS) is 10.5. The molecule has 0 aliphatic carbocycles. The van der Waals surface area contributed by atoms with Crippen molar-refractivity contribution in [2.45, 2.75) is 13.3 Å². The van der Waals surface area contributed by atoms with Crippen LogP contribution in [0.1, 0.15) is 11.3 Å². The number of nitrogens with two attached hydrogens (primary N) is 2. The lowest BCUT2D eigenvalue weighted by Gasteiger charge is -2.05. The maximum atomic E-state index is 5.64. The zero-order chi connectivity index (χ0) is 12.3. The van der Waals surface area contributed by atoms with E-state index >= 15 is 0 Å². The van der Waals surface area contributed by atoms with Gasteiger partial charge in [-0.2, -0.15) is 0 Å². The molecule has 0 unspecified atom stereocenters. The number of nitrogens with zero attached hydrogens (tertiary/aromatic N) is 2. The van der Waals surface area contributed by atoms with E-state index in [9.17, 15) is 0 Å². The Morgan fingerprint density at radius 3 is 2.47 bits per heavy atom. The Morgan fingerprint density at radius 1 is 1.18 bits per heavy atom. The molecule has 0 radical (unpaired) electrons. The topological polar surface area (TPSA) is 77.8 Å². The van der Waals surface area contributed by atoms with Crippen molar-refractivity contribution in [3.8, 4) is 11.3 Å². The van der Waals surface area contributed by atoms with E-state index in [1.165, 1.54) is 5.56 Å². The summed E-state index contributed by atoms with van der Waals surface area (Å²) < 4.78 is 0. The molecule has 4 nitrogen and oxygen atoms in total. The van der Waals surface area contributed by atoms with Gasteiger partial charge >= 0.3 is 0 Å². The summed E-state index contributed by atoms with van der Waals surface area (Å²) in [7, 11) is 0. The molecule has 0 fully saturated rings. The van der Waals surface area contributed by atoms with E-state index in [1.807, 2.05) is 19.1 Å². The first-order valence-corrected chi connectivity index (χ1v) is 5.59. The molecular formula is C13H16N4. The molecule has 88 valence electrons. The highest BCUT2D eigenvalue weighted by molar-refractivity contribution is 5.59. The Bertz CT molecular complexity index is 505. The lowest BCUT2D eigenvalue weighted by molar-refractivity contribution is 0.969. The van der Waals surface area contributed by atoms with Crippen LogP contribution < -0.4 is 11.5 Å². The molecule has 1 aromatic heterocycles. The zero-order valence-electron chi connectivity index (χ0n) is 9.85. The number of benzene rings is 1. The Morgan fingerprint density at radius 2 is 1.88 bits per heavy atom. The monoisotopic (exact) mass is 228 g/mol. The molecule has 0 spiro atoms. The second-order valence-electron chi connectivity index (χ2n) is 3.96. The smallest absolute Gasteiger partial charge is 0.144 e. The first-order chi connectivity index (χ1) is 8.20. The van der Waals surface area contributed by atoms with Crippen LogP contribution in [0.25, 0.3) is 11.3 Å². The fourth-order valence-electron chi connectivity index (χ4n) is 1.64. The highest BCUT2D eigenvalue weighted by atomic mass is 14.9. The molecule has 0 saturated carbocycles. The van der Waals surface area contributed by atoms with Gasteiger partial charge in [0, 0.05) is 5.56 Å². The second-order valence-corrected chi connectivity index (χ2v) is 3.96. The largest absolute Gasteiger partial charge is 0.382 e. The van der Waals surface area contributed by atoms with E-state index in [2.05, 4.69) is 22.1 Å². The van der Waals surface area contributed by atoms with E-state index in [0.29, 0.717) is 12.4 Å². The van der Waals surface area contributed by atoms with Crippen LogP contribution in [0.3, 0.4) is 0 Å². The quantitative estimate of drug-likeness (QED) is 0.835. The molecule has 0 saturated heterocycles. The van der Waals surface area contributed by atoms with E-state index in [4.69, 9.17) is 11.5 Å². The number of nitrogen functional groups attached to an aromatic ring is 1. The first kappa shape index (κ1) is 11.5. The Hall–Kier alpha value is -1.94. The fourth-order valence-corrected chi connectivity index (χ4v) is 1.64. The van der Waals surface area contributed by atoms with Crippen LogP contribution in [0.4, 0.5) is 5.82 Å². The van der Waals surface area contributed by atoms with E-state index in [-0.39, 0.29) is 0 Å². The van der Waals surface area contributed by atoms with Gasteiger partial charge < -0.3 is 11.5 Å². The van der Waals surface area contributed by atoms with Crippen molar-refractivity contribution in [3.05, 3.63) is 41.7 Å². The lowest BCUT2D eigenvalue weighted by atomic mass is 10.1. The highest BCUT2D eigenvalue weighted by Gasteiger charge is 2.03. The molecule has 4 heteroatoms. The third-order valence-electron chi connectivity index (χ3n) is 2.67. The predicted molar refractivity (Wildman–Crippen MR) is 69.4 cm³/mol. The van der Waals surface area contributed by atoms with Gasteiger partial charge in [-0.3, -0.25) is 0 Å². The molecule has 2 rings (SSSR count). The molecule has 4 N–H and O–H groups in total. The lowest BCUT2D eigenvalue weighted by Crippen LogP contribution is -2.02. The number of hydrogen-bond donors (Lipinski definition) is 2. The van der Waals surface area contributed by atoms with Gasteiger partial charge in [-0.15, -0.1) is 0 Å². The van der Waals surface area contributed by atoms with Crippen LogP contribution in [0.2, 0.25) is 0 Å². The van der Waals surface area contributed by atoms with Crippen LogP contribution >= 0.6 is 0 Å². The summed E-state index contributed by atoms with van der Waals surface area (Å²) in [5.74, 6) is 0.480. The second kappa shape index (κ2) is 4.93. The number of aromatic nitrogens is 2. The molecule has 0 atom stereocenters. The third kappa shape index (κ3) is 2.60. The fraction of sp³-hybridized carbons (Fsp3) is 0.231. The minimum atomic E-state index is 0.480. The molecule has 1 aromatic carbocycles. The Kier molecular flexibility index (Phi) is 3.35. The minimum Gasteiger partial charge on any atom is -0.382 e. The van der Waals surface area contributed by atoms with Gasteiger partial charge in [0.1, 0.15) is 5.82 Å². The molecule has 2 aromatic rings. The summed E-state index contributed by atoms with van der Waals surface area (Å²) in [5.41, 5.74) is 15.0. The van der Waals surface area contributed by atoms with Crippen molar-refractivity contribution in [3.63, 3.8) is 0 Å². The molecule has 0 aliphatic rings. The molecule has 0 bridgehead atoms. The van der Waals surface area contributed by atoms with Crippen LogP contribution in [0.15, 0.2) is 30.5 Å². The molecule has 1 heterocycles. The third-order valence-corrected chi connectivity index (χ3v) is 2.67. The van der Waals surface area contributed by atoms with Gasteiger partial charge in [0.2, 0.25) is 0 Å². The highest BCUT2D eigenvalue weighted by Crippen LogP contribution is 2.18. The summed E-state index contributed by atoms with van der Waals surface area (Å²) in [4.78, 5) is 8.52. The van der Waals surface area contributed by atoms with E-state index < -0.39 is 0 Å². The number of hydrogen-bond acceptors (Lipinski definition) is 4. The molecule has 0 aliphatic heterocycles. The maximum Gasteiger partial charge on any atom is 0.144 e. The zero-order valence-corrected chi connectivity index (χ0v) is 9.85. The summed E-state index contributed by atoms with van der Waals surface area (Å²) in [5, 5.41) is 0. The van der Waals surface area contributed by atoms with Crippen molar-refractivity contribution in [1.82, 2.24) is 9.97 Å². The first-order valence-electron chi connectivity index (χ1n) is 5.59. The molecule has 17 heavy (non-hydrogen) atoms. The van der Waals surface area contributed by atoms with Crippen LogP contribution in [-0.4, -0.2) is 16.5 Å². The van der Waals surface area contributed by atoms with Crippen molar-refractivity contribution >= 4 is 5.82 Å². The summed E-state index contributed by atoms with van der Waals surface area (Å²) in [6, 6.07) is 8.19. The van der Waals surface area contributed by atoms with Crippen molar-refractivity contribution in [2.75, 3.05) is 12.3 Å².